The molecule has 3 aromatic carbocycles. The molecule has 0 saturated carbocycles. The topological polar surface area (TPSA) is 122 Å². The van der Waals surface area contributed by atoms with Gasteiger partial charge in [0.25, 0.3) is 11.2 Å². The van der Waals surface area contributed by atoms with Crippen molar-refractivity contribution in [2.24, 2.45) is 4.99 Å². The summed E-state index contributed by atoms with van der Waals surface area (Å²) in [4.78, 5) is 42.6. The molecule has 1 aliphatic rings. The molecule has 10 nitrogen and oxygen atoms in total. The van der Waals surface area contributed by atoms with Crippen LogP contribution >= 0.6 is 11.3 Å². The van der Waals surface area contributed by atoms with Crippen LogP contribution in [0.4, 0.5) is 5.69 Å². The summed E-state index contributed by atoms with van der Waals surface area (Å²) in [6.07, 6.45) is 1.77. The molecule has 0 bridgehead atoms. The maximum Gasteiger partial charge on any atom is 0.338 e. The van der Waals surface area contributed by atoms with Gasteiger partial charge in [-0.05, 0) is 74.7 Å². The SMILES string of the molecule is CCOC(=O)C1=C(C)N=c2s/c(=C\c3ccc(OCc4ccc([N+](=O)[O-])cc4)c(OCC)c3)c(=O)n2[C@H]1c1ccc(C)cc1. The highest BCUT2D eigenvalue weighted by atomic mass is 32.1. The summed E-state index contributed by atoms with van der Waals surface area (Å²) in [6, 6.07) is 18.6. The maximum absolute atomic E-state index is 13.9. The van der Waals surface area contributed by atoms with Crippen molar-refractivity contribution in [2.45, 2.75) is 40.3 Å². The fourth-order valence-electron chi connectivity index (χ4n) is 4.88. The van der Waals surface area contributed by atoms with E-state index in [1.54, 1.807) is 48.8 Å². The molecule has 0 unspecified atom stereocenters. The lowest BCUT2D eigenvalue weighted by Gasteiger charge is -2.24. The number of ether oxygens (including phenoxy) is 3. The van der Waals surface area contributed by atoms with E-state index in [2.05, 4.69) is 4.99 Å². The van der Waals surface area contributed by atoms with Crippen LogP contribution < -0.4 is 24.4 Å². The molecule has 4 aromatic rings. The molecule has 0 amide bonds. The summed E-state index contributed by atoms with van der Waals surface area (Å²) >= 11 is 1.25. The molecule has 0 saturated heterocycles. The minimum Gasteiger partial charge on any atom is -0.490 e. The number of esters is 1. The zero-order chi connectivity index (χ0) is 31.4. The number of fused-ring (bicyclic) bond motifs is 1. The predicted molar refractivity (Wildman–Crippen MR) is 167 cm³/mol. The van der Waals surface area contributed by atoms with Gasteiger partial charge in [-0.3, -0.25) is 19.5 Å². The Morgan fingerprint density at radius 3 is 2.39 bits per heavy atom. The molecule has 2 heterocycles. The Morgan fingerprint density at radius 2 is 1.73 bits per heavy atom. The van der Waals surface area contributed by atoms with E-state index < -0.39 is 16.9 Å². The van der Waals surface area contributed by atoms with Crippen LogP contribution in [0.3, 0.4) is 0 Å². The lowest BCUT2D eigenvalue weighted by molar-refractivity contribution is -0.384. The van der Waals surface area contributed by atoms with Crippen LogP contribution in [-0.4, -0.2) is 28.7 Å². The van der Waals surface area contributed by atoms with Gasteiger partial charge < -0.3 is 14.2 Å². The number of carbonyl (C=O) groups is 1. The number of nitrogens with zero attached hydrogens (tertiary/aromatic N) is 3. The first-order valence-electron chi connectivity index (χ1n) is 14.1. The molecule has 1 atom stereocenters. The number of hydrogen-bond donors (Lipinski definition) is 0. The minimum atomic E-state index is -0.678. The van der Waals surface area contributed by atoms with E-state index in [4.69, 9.17) is 14.2 Å². The van der Waals surface area contributed by atoms with Crippen LogP contribution in [-0.2, 0) is 16.1 Å². The lowest BCUT2D eigenvalue weighted by atomic mass is 9.95. The summed E-state index contributed by atoms with van der Waals surface area (Å²) in [5.74, 6) is 0.492. The molecule has 0 radical (unpaired) electrons. The van der Waals surface area contributed by atoms with Crippen molar-refractivity contribution in [1.82, 2.24) is 4.57 Å². The van der Waals surface area contributed by atoms with Crippen LogP contribution in [0.25, 0.3) is 6.08 Å². The molecule has 0 fully saturated rings. The summed E-state index contributed by atoms with van der Waals surface area (Å²) in [5.41, 5.74) is 3.91. The number of hydrogen-bond acceptors (Lipinski definition) is 9. The third kappa shape index (κ3) is 6.32. The second-order valence-corrected chi connectivity index (χ2v) is 11.1. The Morgan fingerprint density at radius 1 is 1.00 bits per heavy atom. The van der Waals surface area contributed by atoms with Crippen LogP contribution in [0, 0.1) is 17.0 Å². The molecule has 1 aromatic heterocycles. The second kappa shape index (κ2) is 13.1. The number of thiazole rings is 1. The molecule has 11 heteroatoms. The van der Waals surface area contributed by atoms with E-state index in [0.29, 0.717) is 38.7 Å². The van der Waals surface area contributed by atoms with Gasteiger partial charge in [0, 0.05) is 12.1 Å². The van der Waals surface area contributed by atoms with Gasteiger partial charge >= 0.3 is 5.97 Å². The van der Waals surface area contributed by atoms with Crippen LogP contribution in [0.2, 0.25) is 0 Å². The number of non-ortho nitro benzene ring substituents is 1. The van der Waals surface area contributed by atoms with Gasteiger partial charge in [-0.15, -0.1) is 0 Å². The van der Waals surface area contributed by atoms with Crippen LogP contribution in [0.5, 0.6) is 11.5 Å². The van der Waals surface area contributed by atoms with Gasteiger partial charge in [-0.1, -0.05) is 47.2 Å². The van der Waals surface area contributed by atoms with Crippen molar-refractivity contribution in [3.63, 3.8) is 0 Å². The first-order valence-corrected chi connectivity index (χ1v) is 14.9. The zero-order valence-electron chi connectivity index (χ0n) is 24.7. The van der Waals surface area contributed by atoms with Crippen molar-refractivity contribution in [3.8, 4) is 11.5 Å². The first kappa shape index (κ1) is 30.4. The maximum atomic E-state index is 13.9. The van der Waals surface area contributed by atoms with Crippen molar-refractivity contribution in [1.29, 1.82) is 0 Å². The molecule has 0 N–H and O–H groups in total. The van der Waals surface area contributed by atoms with E-state index in [1.807, 2.05) is 44.2 Å². The Hall–Kier alpha value is -5.03. The summed E-state index contributed by atoms with van der Waals surface area (Å²) in [6.45, 7) is 8.13. The summed E-state index contributed by atoms with van der Waals surface area (Å²) in [7, 11) is 0. The Balaban J connectivity index is 1.51. The van der Waals surface area contributed by atoms with Gasteiger partial charge in [0.2, 0.25) is 0 Å². The smallest absolute Gasteiger partial charge is 0.338 e. The summed E-state index contributed by atoms with van der Waals surface area (Å²) in [5, 5.41) is 10.9. The lowest BCUT2D eigenvalue weighted by Crippen LogP contribution is -2.39. The number of allylic oxidation sites excluding steroid dienone is 1. The van der Waals surface area contributed by atoms with E-state index in [0.717, 1.165) is 22.3 Å². The highest BCUT2D eigenvalue weighted by Gasteiger charge is 2.33. The summed E-state index contributed by atoms with van der Waals surface area (Å²) < 4.78 is 19.2. The van der Waals surface area contributed by atoms with E-state index in [9.17, 15) is 19.7 Å². The van der Waals surface area contributed by atoms with Gasteiger partial charge in [-0.25, -0.2) is 9.79 Å². The van der Waals surface area contributed by atoms with Gasteiger partial charge in [0.05, 0.1) is 40.0 Å². The van der Waals surface area contributed by atoms with Gasteiger partial charge in [0.1, 0.15) is 6.61 Å². The van der Waals surface area contributed by atoms with E-state index in [-0.39, 0.29) is 24.5 Å². The number of rotatable bonds is 10. The molecule has 0 aliphatic carbocycles. The normalized spacial score (nSPS) is 14.5. The van der Waals surface area contributed by atoms with Crippen LogP contribution in [0.1, 0.15) is 49.1 Å². The third-order valence-electron chi connectivity index (χ3n) is 7.02. The average Bonchev–Trinajstić information content (AvgIpc) is 3.30. The average molecular weight is 614 g/mol. The fourth-order valence-corrected chi connectivity index (χ4v) is 5.93. The second-order valence-electron chi connectivity index (χ2n) is 10.1. The molecule has 0 spiro atoms. The molecule has 226 valence electrons. The highest BCUT2D eigenvalue weighted by molar-refractivity contribution is 7.07. The van der Waals surface area contributed by atoms with E-state index >= 15 is 0 Å². The van der Waals surface area contributed by atoms with Crippen molar-refractivity contribution in [3.05, 3.63) is 130 Å². The molecular weight excluding hydrogens is 582 g/mol. The van der Waals surface area contributed by atoms with Gasteiger partial charge in [0.15, 0.2) is 16.3 Å². The van der Waals surface area contributed by atoms with Crippen molar-refractivity contribution >= 4 is 29.1 Å². The quantitative estimate of drug-likeness (QED) is 0.140. The number of aromatic nitrogens is 1. The third-order valence-corrected chi connectivity index (χ3v) is 8.00. The largest absolute Gasteiger partial charge is 0.490 e. The first-order chi connectivity index (χ1) is 21.2. The van der Waals surface area contributed by atoms with E-state index in [1.165, 1.54) is 23.5 Å². The number of benzene rings is 3. The minimum absolute atomic E-state index is 0.0100. The Bertz CT molecular complexity index is 1920. The number of carbonyl (C=O) groups excluding carboxylic acids is 1. The standard InChI is InChI=1S/C33H31N3O7S/c1-5-41-27-17-23(11-16-26(27)43-19-22-9-14-25(15-10-22)36(39)40)18-28-31(37)35-30(24-12-7-20(3)8-13-24)29(32(38)42-6-2)21(4)34-33(35)44-28/h7-18,30H,5-6,19H2,1-4H3/b28-18-/t30-/m0/s1. The zero-order valence-corrected chi connectivity index (χ0v) is 25.6. The fraction of sp³-hybridized carbons (Fsp3) is 0.242. The number of nitro benzene ring substituents is 1. The van der Waals surface area contributed by atoms with Crippen LogP contribution in [0.15, 0.2) is 87.8 Å². The predicted octanol–water partition coefficient (Wildman–Crippen LogP) is 4.99. The van der Waals surface area contributed by atoms with Gasteiger partial charge in [-0.2, -0.15) is 0 Å². The molecule has 1 aliphatic heterocycles. The van der Waals surface area contributed by atoms with Crippen molar-refractivity contribution in [2.75, 3.05) is 13.2 Å². The Kier molecular flexibility index (Phi) is 9.05. The van der Waals surface area contributed by atoms with Crippen molar-refractivity contribution < 1.29 is 23.9 Å². The monoisotopic (exact) mass is 613 g/mol. The molecular formula is C33H31N3O7S. The number of nitro groups is 1. The Labute approximate surface area is 257 Å². The molecule has 5 rings (SSSR count). The highest BCUT2D eigenvalue weighted by Crippen LogP contribution is 2.32. The molecule has 44 heavy (non-hydrogen) atoms. The number of aryl methyl sites for hydroxylation is 1.